The highest BCUT2D eigenvalue weighted by atomic mass is 16.4. The van der Waals surface area contributed by atoms with Crippen LogP contribution in [0.5, 0.6) is 0 Å². The quantitative estimate of drug-likeness (QED) is 0.602. The highest BCUT2D eigenvalue weighted by Crippen LogP contribution is 2.39. The smallest absolute Gasteiger partial charge is 0.247 e. The molecule has 1 amide bonds. The molecule has 178 valence electrons. The number of piperazine rings is 1. The first-order valence-electron chi connectivity index (χ1n) is 12.4. The number of amides is 1. The van der Waals surface area contributed by atoms with Crippen molar-refractivity contribution in [3.8, 4) is 11.5 Å². The average molecular weight is 451 g/mol. The number of benzene rings is 1. The third-order valence-electron chi connectivity index (χ3n) is 7.56. The van der Waals surface area contributed by atoms with E-state index in [1.165, 1.54) is 11.1 Å². The minimum absolute atomic E-state index is 0.192. The summed E-state index contributed by atoms with van der Waals surface area (Å²) in [5.41, 5.74) is 3.63. The van der Waals surface area contributed by atoms with Gasteiger partial charge in [-0.25, -0.2) is 0 Å². The van der Waals surface area contributed by atoms with E-state index >= 15 is 0 Å². The molecule has 4 rings (SSSR count). The Morgan fingerprint density at radius 1 is 1.09 bits per heavy atom. The second kappa shape index (κ2) is 10.2. The van der Waals surface area contributed by atoms with E-state index in [2.05, 4.69) is 61.0 Å². The number of carbonyl (C=O) groups excluding carboxylic acids is 1. The molecule has 0 saturated carbocycles. The Balaban J connectivity index is 1.41. The molecule has 1 aromatic heterocycles. The summed E-state index contributed by atoms with van der Waals surface area (Å²) in [6.07, 6.45) is 4.46. The van der Waals surface area contributed by atoms with Crippen LogP contribution in [0.1, 0.15) is 45.6 Å². The van der Waals surface area contributed by atoms with Crippen LogP contribution in [0.25, 0.3) is 11.5 Å². The van der Waals surface area contributed by atoms with Gasteiger partial charge in [-0.2, -0.15) is 0 Å². The maximum Gasteiger partial charge on any atom is 0.247 e. The number of aromatic nitrogens is 2. The third kappa shape index (κ3) is 5.72. The van der Waals surface area contributed by atoms with Gasteiger partial charge in [0.25, 0.3) is 0 Å². The van der Waals surface area contributed by atoms with Gasteiger partial charge in [-0.1, -0.05) is 43.2 Å². The Morgan fingerprint density at radius 3 is 2.42 bits per heavy atom. The van der Waals surface area contributed by atoms with Crippen molar-refractivity contribution in [2.75, 3.05) is 32.7 Å². The summed E-state index contributed by atoms with van der Waals surface area (Å²) in [5.74, 6) is 3.76. The van der Waals surface area contributed by atoms with E-state index in [-0.39, 0.29) is 5.91 Å². The van der Waals surface area contributed by atoms with Crippen molar-refractivity contribution < 1.29 is 9.21 Å². The zero-order valence-corrected chi connectivity index (χ0v) is 20.8. The van der Waals surface area contributed by atoms with Gasteiger partial charge < -0.3 is 9.32 Å². The zero-order chi connectivity index (χ0) is 23.5. The Hall–Kier alpha value is -2.47. The normalized spacial score (nSPS) is 24.2. The largest absolute Gasteiger partial charge is 0.421 e. The topological polar surface area (TPSA) is 62.5 Å². The van der Waals surface area contributed by atoms with Crippen molar-refractivity contribution in [2.45, 2.75) is 47.5 Å². The molecule has 6 nitrogen and oxygen atoms in total. The summed E-state index contributed by atoms with van der Waals surface area (Å²) in [7, 11) is 0. The summed E-state index contributed by atoms with van der Waals surface area (Å²) in [5, 5.41) is 8.66. The molecule has 0 bridgehead atoms. The lowest BCUT2D eigenvalue weighted by atomic mass is 9.69. The van der Waals surface area contributed by atoms with E-state index in [1.807, 2.05) is 17.0 Å². The van der Waals surface area contributed by atoms with Gasteiger partial charge >= 0.3 is 0 Å². The number of nitrogens with zero attached hydrogens (tertiary/aromatic N) is 4. The molecule has 2 aromatic rings. The number of hydrogen-bond acceptors (Lipinski definition) is 5. The molecular formula is C27H38N4O2. The number of aryl methyl sites for hydroxylation is 1. The van der Waals surface area contributed by atoms with Crippen LogP contribution in [0.4, 0.5) is 0 Å². The first-order chi connectivity index (χ1) is 15.8. The summed E-state index contributed by atoms with van der Waals surface area (Å²) in [6, 6.07) is 8.21. The van der Waals surface area contributed by atoms with Crippen molar-refractivity contribution in [1.29, 1.82) is 0 Å². The first-order valence-corrected chi connectivity index (χ1v) is 12.4. The number of hydrogen-bond donors (Lipinski definition) is 0. The molecule has 0 spiro atoms. The molecule has 1 aliphatic carbocycles. The van der Waals surface area contributed by atoms with Crippen molar-refractivity contribution in [3.05, 3.63) is 47.4 Å². The predicted molar refractivity (Wildman–Crippen MR) is 131 cm³/mol. The molecule has 0 unspecified atom stereocenters. The summed E-state index contributed by atoms with van der Waals surface area (Å²) in [4.78, 5) is 16.1. The molecule has 1 fully saturated rings. The van der Waals surface area contributed by atoms with Crippen LogP contribution >= 0.6 is 0 Å². The van der Waals surface area contributed by atoms with Gasteiger partial charge in [-0.15, -0.1) is 10.2 Å². The second-order valence-electron chi connectivity index (χ2n) is 10.3. The van der Waals surface area contributed by atoms with Crippen LogP contribution in [0, 0.1) is 30.6 Å². The van der Waals surface area contributed by atoms with Gasteiger partial charge in [-0.3, -0.25) is 9.69 Å². The fraction of sp³-hybridized carbons (Fsp3) is 0.593. The Labute approximate surface area is 198 Å². The summed E-state index contributed by atoms with van der Waals surface area (Å²) >= 11 is 0. The van der Waals surface area contributed by atoms with Crippen LogP contribution in [0.15, 0.2) is 40.3 Å². The van der Waals surface area contributed by atoms with Crippen molar-refractivity contribution in [1.82, 2.24) is 20.0 Å². The Kier molecular flexibility index (Phi) is 7.32. The van der Waals surface area contributed by atoms with Crippen LogP contribution in [0.2, 0.25) is 0 Å². The Bertz CT molecular complexity index is 970. The molecule has 0 radical (unpaired) electrons. The van der Waals surface area contributed by atoms with Crippen molar-refractivity contribution in [3.63, 3.8) is 0 Å². The van der Waals surface area contributed by atoms with Gasteiger partial charge in [0.2, 0.25) is 17.7 Å². The lowest BCUT2D eigenvalue weighted by Crippen LogP contribution is -2.50. The van der Waals surface area contributed by atoms with E-state index in [0.717, 1.165) is 57.0 Å². The van der Waals surface area contributed by atoms with Gasteiger partial charge in [0.15, 0.2) is 0 Å². The second-order valence-corrected chi connectivity index (χ2v) is 10.3. The minimum atomic E-state index is 0.192. The van der Waals surface area contributed by atoms with Crippen LogP contribution in [-0.2, 0) is 11.2 Å². The third-order valence-corrected chi connectivity index (χ3v) is 7.56. The fourth-order valence-electron chi connectivity index (χ4n) is 5.39. The Morgan fingerprint density at radius 2 is 1.79 bits per heavy atom. The van der Waals surface area contributed by atoms with Gasteiger partial charge in [-0.05, 0) is 56.1 Å². The number of rotatable bonds is 6. The van der Waals surface area contributed by atoms with Crippen LogP contribution < -0.4 is 0 Å². The first kappa shape index (κ1) is 23.7. The van der Waals surface area contributed by atoms with E-state index in [9.17, 15) is 4.79 Å². The van der Waals surface area contributed by atoms with Gasteiger partial charge in [0.1, 0.15) is 0 Å². The molecule has 3 atom stereocenters. The monoisotopic (exact) mass is 450 g/mol. The van der Waals surface area contributed by atoms with E-state index in [1.54, 1.807) is 6.92 Å². The standard InChI is InChI=1S/C27H38N4O2/c1-18(2)25-15-23(16-26-28-29-27(33-26)22-8-6-19(3)7-9-22)20(4)14-24(25)17-30-10-12-31(13-11-30)21(5)32/h6-9,14,18,23-25H,10-13,15-17H2,1-5H3/t23-,24+,25+/m1/s1. The molecule has 1 aliphatic heterocycles. The average Bonchev–Trinajstić information content (AvgIpc) is 3.24. The van der Waals surface area contributed by atoms with E-state index in [0.29, 0.717) is 29.6 Å². The number of carbonyl (C=O) groups is 1. The lowest BCUT2D eigenvalue weighted by molar-refractivity contribution is -0.130. The minimum Gasteiger partial charge on any atom is -0.421 e. The van der Waals surface area contributed by atoms with Crippen molar-refractivity contribution >= 4 is 5.91 Å². The summed E-state index contributed by atoms with van der Waals surface area (Å²) < 4.78 is 6.04. The SMILES string of the molecule is CC(=O)N1CCN(C[C@@H]2C=C(C)[C@@H](Cc3nnc(-c4ccc(C)cc4)o3)C[C@H]2C(C)C)CC1. The van der Waals surface area contributed by atoms with Crippen LogP contribution in [0.3, 0.4) is 0 Å². The van der Waals surface area contributed by atoms with Crippen LogP contribution in [-0.4, -0.2) is 58.6 Å². The lowest BCUT2D eigenvalue weighted by Gasteiger charge is -2.41. The molecule has 1 saturated heterocycles. The fourth-order valence-corrected chi connectivity index (χ4v) is 5.39. The molecule has 1 aromatic carbocycles. The highest BCUT2D eigenvalue weighted by molar-refractivity contribution is 5.73. The van der Waals surface area contributed by atoms with E-state index < -0.39 is 0 Å². The van der Waals surface area contributed by atoms with Crippen molar-refractivity contribution in [2.24, 2.45) is 23.7 Å². The van der Waals surface area contributed by atoms with Gasteiger partial charge in [0, 0.05) is 51.6 Å². The highest BCUT2D eigenvalue weighted by Gasteiger charge is 2.34. The zero-order valence-electron chi connectivity index (χ0n) is 20.8. The maximum absolute atomic E-state index is 11.6. The number of allylic oxidation sites excluding steroid dienone is 1. The molecule has 33 heavy (non-hydrogen) atoms. The van der Waals surface area contributed by atoms with Gasteiger partial charge in [0.05, 0.1) is 0 Å². The summed E-state index contributed by atoms with van der Waals surface area (Å²) in [6.45, 7) is 15.4. The molecule has 0 N–H and O–H groups in total. The molecule has 6 heteroatoms. The van der Waals surface area contributed by atoms with E-state index in [4.69, 9.17) is 4.42 Å². The molecule has 2 heterocycles. The maximum atomic E-state index is 11.6. The molecular weight excluding hydrogens is 412 g/mol. The molecule has 2 aliphatic rings. The predicted octanol–water partition coefficient (Wildman–Crippen LogP) is 4.61.